The summed E-state index contributed by atoms with van der Waals surface area (Å²) < 4.78 is 27.3. The van der Waals surface area contributed by atoms with Crippen LogP contribution in [0.15, 0.2) is 24.3 Å². The highest BCUT2D eigenvalue weighted by atomic mass is 127. The van der Waals surface area contributed by atoms with Crippen molar-refractivity contribution >= 4 is 38.3 Å². The van der Waals surface area contributed by atoms with Crippen LogP contribution in [-0.2, 0) is 10.0 Å². The van der Waals surface area contributed by atoms with E-state index in [0.717, 1.165) is 10.1 Å². The molecule has 1 aromatic rings. The molecule has 1 aromatic carbocycles. The van der Waals surface area contributed by atoms with Crippen LogP contribution in [0.4, 0.5) is 5.69 Å². The minimum Gasteiger partial charge on any atom is -0.314 e. The van der Waals surface area contributed by atoms with E-state index in [9.17, 15) is 8.42 Å². The predicted molar refractivity (Wildman–Crippen MR) is 82.2 cm³/mol. The second kappa shape index (κ2) is 6.21. The van der Waals surface area contributed by atoms with Gasteiger partial charge in [-0.15, -0.1) is 0 Å². The summed E-state index contributed by atoms with van der Waals surface area (Å²) in [5.41, 5.74) is 0.630. The van der Waals surface area contributed by atoms with E-state index in [1.54, 1.807) is 12.1 Å². The number of benzene rings is 1. The zero-order valence-electron chi connectivity index (χ0n) is 10.0. The van der Waals surface area contributed by atoms with Crippen molar-refractivity contribution < 1.29 is 8.42 Å². The molecule has 1 saturated carbocycles. The second-order valence-electron chi connectivity index (χ2n) is 4.51. The van der Waals surface area contributed by atoms with Gasteiger partial charge in [-0.1, -0.05) is 0 Å². The smallest absolute Gasteiger partial charge is 0.232 e. The molecule has 1 fully saturated rings. The van der Waals surface area contributed by atoms with E-state index in [4.69, 9.17) is 0 Å². The Labute approximate surface area is 122 Å². The van der Waals surface area contributed by atoms with Crippen LogP contribution in [0.1, 0.15) is 19.3 Å². The summed E-state index contributed by atoms with van der Waals surface area (Å²) >= 11 is 2.19. The van der Waals surface area contributed by atoms with Gasteiger partial charge in [0.15, 0.2) is 0 Å². The highest BCUT2D eigenvalue weighted by Crippen LogP contribution is 2.18. The van der Waals surface area contributed by atoms with Gasteiger partial charge in [-0.3, -0.25) is 4.72 Å². The molecule has 0 atom stereocenters. The van der Waals surface area contributed by atoms with Gasteiger partial charge in [0.2, 0.25) is 10.0 Å². The van der Waals surface area contributed by atoms with Gasteiger partial charge in [-0.2, -0.15) is 0 Å². The molecule has 2 rings (SSSR count). The van der Waals surface area contributed by atoms with Crippen molar-refractivity contribution in [2.75, 3.05) is 17.0 Å². The Morgan fingerprint density at radius 2 is 1.89 bits per heavy atom. The largest absolute Gasteiger partial charge is 0.314 e. The Hall–Kier alpha value is -0.340. The highest BCUT2D eigenvalue weighted by Gasteiger charge is 2.20. The molecule has 6 heteroatoms. The van der Waals surface area contributed by atoms with Crippen molar-refractivity contribution in [3.8, 4) is 0 Å². The van der Waals surface area contributed by atoms with Crippen molar-refractivity contribution in [2.45, 2.75) is 25.3 Å². The minimum absolute atomic E-state index is 0.165. The number of rotatable bonds is 7. The third kappa shape index (κ3) is 5.11. The van der Waals surface area contributed by atoms with Crippen LogP contribution in [0.3, 0.4) is 0 Å². The first kappa shape index (κ1) is 14.1. The lowest BCUT2D eigenvalue weighted by Gasteiger charge is -2.08. The van der Waals surface area contributed by atoms with Gasteiger partial charge in [0, 0.05) is 15.3 Å². The van der Waals surface area contributed by atoms with Gasteiger partial charge < -0.3 is 5.32 Å². The zero-order chi connectivity index (χ0) is 13.0. The molecule has 0 saturated heterocycles. The number of hydrogen-bond donors (Lipinski definition) is 2. The summed E-state index contributed by atoms with van der Waals surface area (Å²) in [6.07, 6.45) is 3.11. The lowest BCUT2D eigenvalue weighted by atomic mass is 10.3. The van der Waals surface area contributed by atoms with Crippen molar-refractivity contribution in [2.24, 2.45) is 0 Å². The van der Waals surface area contributed by atoms with Crippen LogP contribution >= 0.6 is 22.6 Å². The van der Waals surface area contributed by atoms with E-state index in [2.05, 4.69) is 32.6 Å². The number of hydrogen-bond acceptors (Lipinski definition) is 3. The fourth-order valence-corrected chi connectivity index (χ4v) is 3.09. The van der Waals surface area contributed by atoms with Gasteiger partial charge in [-0.05, 0) is 72.7 Å². The summed E-state index contributed by atoms with van der Waals surface area (Å²) in [6, 6.07) is 7.96. The monoisotopic (exact) mass is 380 g/mol. The first-order valence-corrected chi connectivity index (χ1v) is 8.78. The van der Waals surface area contributed by atoms with Crippen molar-refractivity contribution in [1.82, 2.24) is 5.32 Å². The molecule has 0 heterocycles. The third-order valence-corrected chi connectivity index (χ3v) is 4.81. The van der Waals surface area contributed by atoms with Gasteiger partial charge in [0.25, 0.3) is 0 Å². The molecule has 0 radical (unpaired) electrons. The summed E-state index contributed by atoms with van der Waals surface area (Å²) in [5.74, 6) is 0.165. The first-order valence-electron chi connectivity index (χ1n) is 6.05. The Kier molecular flexibility index (Phi) is 4.85. The molecule has 0 aliphatic heterocycles. The van der Waals surface area contributed by atoms with E-state index < -0.39 is 10.0 Å². The van der Waals surface area contributed by atoms with Crippen LogP contribution in [0.25, 0.3) is 0 Å². The summed E-state index contributed by atoms with van der Waals surface area (Å²) in [7, 11) is -3.22. The molecule has 1 aliphatic carbocycles. The fourth-order valence-electron chi connectivity index (χ4n) is 1.60. The first-order chi connectivity index (χ1) is 8.55. The van der Waals surface area contributed by atoms with E-state index in [-0.39, 0.29) is 5.75 Å². The van der Waals surface area contributed by atoms with Gasteiger partial charge in [0.1, 0.15) is 0 Å². The molecule has 0 amide bonds. The summed E-state index contributed by atoms with van der Waals surface area (Å²) in [5, 5.41) is 3.31. The molecule has 4 nitrogen and oxygen atoms in total. The van der Waals surface area contributed by atoms with E-state index >= 15 is 0 Å². The average molecular weight is 380 g/mol. The molecule has 0 spiro atoms. The van der Waals surface area contributed by atoms with Crippen LogP contribution in [0, 0.1) is 3.57 Å². The Morgan fingerprint density at radius 3 is 2.50 bits per heavy atom. The summed E-state index contributed by atoms with van der Waals surface area (Å²) in [6.45, 7) is 0.776. The van der Waals surface area contributed by atoms with E-state index in [0.29, 0.717) is 18.2 Å². The lowest BCUT2D eigenvalue weighted by Crippen LogP contribution is -2.23. The predicted octanol–water partition coefficient (Wildman–Crippen LogP) is 2.17. The van der Waals surface area contributed by atoms with E-state index in [1.807, 2.05) is 12.1 Å². The van der Waals surface area contributed by atoms with Gasteiger partial charge in [-0.25, -0.2) is 8.42 Å². The molecule has 0 aromatic heterocycles. The maximum absolute atomic E-state index is 11.8. The average Bonchev–Trinajstić information content (AvgIpc) is 3.11. The SMILES string of the molecule is O=S(=O)(CCCNC1CC1)Nc1ccc(I)cc1. The Balaban J connectivity index is 1.76. The second-order valence-corrected chi connectivity index (χ2v) is 7.60. The third-order valence-electron chi connectivity index (χ3n) is 2.72. The maximum atomic E-state index is 11.8. The van der Waals surface area contributed by atoms with Crippen molar-refractivity contribution in [1.29, 1.82) is 0 Å². The number of halogens is 1. The maximum Gasteiger partial charge on any atom is 0.232 e. The van der Waals surface area contributed by atoms with Crippen LogP contribution < -0.4 is 10.0 Å². The van der Waals surface area contributed by atoms with Gasteiger partial charge >= 0.3 is 0 Å². The van der Waals surface area contributed by atoms with Gasteiger partial charge in [0.05, 0.1) is 5.75 Å². The number of anilines is 1. The lowest BCUT2D eigenvalue weighted by molar-refractivity contribution is 0.593. The zero-order valence-corrected chi connectivity index (χ0v) is 13.0. The van der Waals surface area contributed by atoms with Crippen LogP contribution in [-0.4, -0.2) is 26.8 Å². The molecular formula is C12H17IN2O2S. The van der Waals surface area contributed by atoms with E-state index in [1.165, 1.54) is 12.8 Å². The topological polar surface area (TPSA) is 58.2 Å². The molecular weight excluding hydrogens is 363 g/mol. The molecule has 0 bridgehead atoms. The van der Waals surface area contributed by atoms with Crippen LogP contribution in [0.5, 0.6) is 0 Å². The molecule has 2 N–H and O–H groups in total. The Morgan fingerprint density at radius 1 is 1.22 bits per heavy atom. The molecule has 1 aliphatic rings. The number of nitrogens with one attached hydrogen (secondary N) is 2. The van der Waals surface area contributed by atoms with Crippen molar-refractivity contribution in [3.63, 3.8) is 0 Å². The molecule has 0 unspecified atom stereocenters. The Bertz CT molecular complexity index is 483. The quantitative estimate of drug-likeness (QED) is 0.563. The molecule has 18 heavy (non-hydrogen) atoms. The standard InChI is InChI=1S/C12H17IN2O2S/c13-10-2-4-12(5-3-10)15-18(16,17)9-1-8-14-11-6-7-11/h2-5,11,14-15H,1,6-9H2. The van der Waals surface area contributed by atoms with Crippen LogP contribution in [0.2, 0.25) is 0 Å². The normalized spacial score (nSPS) is 15.6. The molecule has 100 valence electrons. The van der Waals surface area contributed by atoms with Crippen molar-refractivity contribution in [3.05, 3.63) is 27.8 Å². The fraction of sp³-hybridized carbons (Fsp3) is 0.500. The minimum atomic E-state index is -3.22. The highest BCUT2D eigenvalue weighted by molar-refractivity contribution is 14.1. The number of sulfonamides is 1. The summed E-state index contributed by atoms with van der Waals surface area (Å²) in [4.78, 5) is 0.